The maximum absolute atomic E-state index is 13.9. The maximum Gasteiger partial charge on any atom is 0.490 e. The van der Waals surface area contributed by atoms with E-state index >= 15 is 0 Å². The summed E-state index contributed by atoms with van der Waals surface area (Å²) in [5.41, 5.74) is 3.84. The molecule has 2 aliphatic heterocycles. The van der Waals surface area contributed by atoms with Crippen molar-refractivity contribution in [2.24, 2.45) is 0 Å². The van der Waals surface area contributed by atoms with E-state index in [9.17, 15) is 31.1 Å². The van der Waals surface area contributed by atoms with Crippen molar-refractivity contribution in [3.63, 3.8) is 0 Å². The van der Waals surface area contributed by atoms with Crippen molar-refractivity contribution >= 4 is 17.8 Å². The molecule has 9 nitrogen and oxygen atoms in total. The first-order valence-electron chi connectivity index (χ1n) is 13.8. The van der Waals surface area contributed by atoms with Crippen LogP contribution in [0.1, 0.15) is 28.2 Å². The van der Waals surface area contributed by atoms with Crippen molar-refractivity contribution in [3.05, 3.63) is 101 Å². The van der Waals surface area contributed by atoms with Gasteiger partial charge in [0, 0.05) is 51.0 Å². The Kier molecular flexibility index (Phi) is 11.9. The van der Waals surface area contributed by atoms with Gasteiger partial charge in [0.05, 0.1) is 6.61 Å². The van der Waals surface area contributed by atoms with Crippen molar-refractivity contribution in [1.29, 1.82) is 0 Å². The highest BCUT2D eigenvalue weighted by atomic mass is 19.4. The van der Waals surface area contributed by atoms with Gasteiger partial charge in [-0.1, -0.05) is 66.2 Å². The van der Waals surface area contributed by atoms with Crippen LogP contribution in [0.15, 0.2) is 79.1 Å². The average Bonchev–Trinajstić information content (AvgIpc) is 3.34. The molecule has 15 heteroatoms. The van der Waals surface area contributed by atoms with Gasteiger partial charge in [-0.2, -0.15) is 26.3 Å². The van der Waals surface area contributed by atoms with E-state index in [2.05, 4.69) is 59.3 Å². The fraction of sp³-hybridized carbons (Fsp3) is 0.355. The quantitative estimate of drug-likeness (QED) is 0.367. The molecule has 1 spiro atoms. The molecule has 2 aromatic carbocycles. The molecule has 2 N–H and O–H groups in total. The number of carbonyl (C=O) groups excluding carboxylic acids is 1. The summed E-state index contributed by atoms with van der Waals surface area (Å²) in [6.45, 7) is 6.05. The van der Waals surface area contributed by atoms with Gasteiger partial charge in [-0.15, -0.1) is 0 Å². The van der Waals surface area contributed by atoms with Gasteiger partial charge in [0.25, 0.3) is 5.91 Å². The molecule has 3 heterocycles. The van der Waals surface area contributed by atoms with Crippen molar-refractivity contribution in [1.82, 2.24) is 14.8 Å². The number of nitrogens with zero attached hydrogens (tertiary/aromatic N) is 3. The number of halogens is 6. The summed E-state index contributed by atoms with van der Waals surface area (Å²) in [5, 5.41) is 14.2. The van der Waals surface area contributed by atoms with Gasteiger partial charge in [0.2, 0.25) is 0 Å². The van der Waals surface area contributed by atoms with Gasteiger partial charge in [-0.05, 0) is 29.7 Å². The number of ether oxygens (including phenoxy) is 1. The van der Waals surface area contributed by atoms with Crippen LogP contribution in [0, 0.1) is 6.92 Å². The lowest BCUT2D eigenvalue weighted by molar-refractivity contribution is -0.193. The number of pyridine rings is 1. The Morgan fingerprint density at radius 2 is 1.52 bits per heavy atom. The summed E-state index contributed by atoms with van der Waals surface area (Å²) >= 11 is 0. The second kappa shape index (κ2) is 15.2. The molecule has 0 aliphatic carbocycles. The van der Waals surface area contributed by atoms with E-state index in [0.717, 1.165) is 24.2 Å². The first-order chi connectivity index (χ1) is 21.5. The van der Waals surface area contributed by atoms with E-state index in [-0.39, 0.29) is 11.8 Å². The number of hydrogen-bond acceptors (Lipinski definition) is 6. The summed E-state index contributed by atoms with van der Waals surface area (Å²) in [6, 6.07) is 22.8. The molecule has 1 aromatic heterocycles. The highest BCUT2D eigenvalue weighted by Gasteiger charge is 2.57. The first kappa shape index (κ1) is 36.0. The topological polar surface area (TPSA) is 120 Å². The minimum Gasteiger partial charge on any atom is -0.475 e. The lowest BCUT2D eigenvalue weighted by Gasteiger charge is -2.42. The number of rotatable bonds is 5. The van der Waals surface area contributed by atoms with E-state index < -0.39 is 29.9 Å². The van der Waals surface area contributed by atoms with Crippen molar-refractivity contribution in [2.45, 2.75) is 43.9 Å². The fourth-order valence-electron chi connectivity index (χ4n) is 5.14. The monoisotopic (exact) mass is 655 g/mol. The summed E-state index contributed by atoms with van der Waals surface area (Å²) in [7, 11) is 0. The zero-order valence-electron chi connectivity index (χ0n) is 24.5. The molecule has 1 amide bonds. The molecular weight excluding hydrogens is 624 g/mol. The Hall–Kier alpha value is -4.50. The molecule has 5 rings (SSSR count). The van der Waals surface area contributed by atoms with Crippen LogP contribution in [-0.2, 0) is 32.2 Å². The predicted molar refractivity (Wildman–Crippen MR) is 151 cm³/mol. The number of morpholine rings is 1. The number of hydrogen-bond donors (Lipinski definition) is 2. The van der Waals surface area contributed by atoms with Crippen LogP contribution in [0.4, 0.5) is 26.3 Å². The molecule has 2 saturated heterocycles. The van der Waals surface area contributed by atoms with Crippen molar-refractivity contribution < 1.29 is 55.7 Å². The van der Waals surface area contributed by atoms with E-state index in [0.29, 0.717) is 26.2 Å². The van der Waals surface area contributed by atoms with E-state index in [1.54, 1.807) is 6.20 Å². The number of aryl methyl sites for hydroxylation is 1. The first-order valence-corrected chi connectivity index (χ1v) is 13.8. The third-order valence-corrected chi connectivity index (χ3v) is 7.11. The lowest BCUT2D eigenvalue weighted by Crippen LogP contribution is -2.59. The van der Waals surface area contributed by atoms with Gasteiger partial charge < -0.3 is 19.8 Å². The number of carbonyl (C=O) groups is 3. The highest BCUT2D eigenvalue weighted by Crippen LogP contribution is 2.42. The number of alkyl halides is 6. The number of carboxylic acids is 2. The SMILES string of the molecule is Cc1cccc(CN2CC(c3cccnc3)C3(C2)OCCN(Cc2ccccc2)C3=O)c1.O=C(O)C(F)(F)F.O=C(O)C(F)(F)F. The molecule has 2 atom stereocenters. The van der Waals surface area contributed by atoms with Gasteiger partial charge in [0.1, 0.15) is 0 Å². The molecular formula is C31H31F6N3O6. The second-order valence-corrected chi connectivity index (χ2v) is 10.6. The minimum absolute atomic E-state index is 0.0490. The Morgan fingerprint density at radius 3 is 2.07 bits per heavy atom. The van der Waals surface area contributed by atoms with Gasteiger partial charge >= 0.3 is 24.3 Å². The summed E-state index contributed by atoms with van der Waals surface area (Å²) < 4.78 is 69.9. The van der Waals surface area contributed by atoms with Crippen LogP contribution in [-0.4, -0.2) is 87.0 Å². The zero-order valence-corrected chi connectivity index (χ0v) is 24.5. The van der Waals surface area contributed by atoms with E-state index in [1.165, 1.54) is 11.1 Å². The smallest absolute Gasteiger partial charge is 0.475 e. The average molecular weight is 656 g/mol. The minimum atomic E-state index is -5.08. The molecule has 2 aliphatic rings. The van der Waals surface area contributed by atoms with Crippen LogP contribution in [0.3, 0.4) is 0 Å². The van der Waals surface area contributed by atoms with Gasteiger partial charge in [-0.3, -0.25) is 14.7 Å². The second-order valence-electron chi connectivity index (χ2n) is 10.6. The number of likely N-dealkylation sites (tertiary alicyclic amines) is 1. The Labute approximate surface area is 260 Å². The summed E-state index contributed by atoms with van der Waals surface area (Å²) in [6.07, 6.45) is -6.50. The summed E-state index contributed by atoms with van der Waals surface area (Å²) in [5.74, 6) is -5.47. The molecule has 0 bridgehead atoms. The molecule has 2 unspecified atom stereocenters. The van der Waals surface area contributed by atoms with Crippen LogP contribution in [0.25, 0.3) is 0 Å². The number of benzene rings is 2. The largest absolute Gasteiger partial charge is 0.490 e. The summed E-state index contributed by atoms with van der Waals surface area (Å²) in [4.78, 5) is 40.4. The molecule has 46 heavy (non-hydrogen) atoms. The number of carboxylic acid groups (broad SMARTS) is 2. The molecule has 0 radical (unpaired) electrons. The standard InChI is InChI=1S/C27H29N3O2.2C2HF3O2/c1-21-7-5-10-23(15-21)17-29-19-25(24-11-6-12-28-16-24)27(20-29)26(31)30(13-14-32-27)18-22-8-3-2-4-9-22;2*3-2(4,5)1(6)7/h2-12,15-16,25H,13-14,17-20H2,1H3;2*(H,6,7). The Morgan fingerprint density at radius 1 is 0.913 bits per heavy atom. The molecule has 0 saturated carbocycles. The third kappa shape index (κ3) is 9.75. The van der Waals surface area contributed by atoms with Crippen LogP contribution in [0.5, 0.6) is 0 Å². The molecule has 248 valence electrons. The van der Waals surface area contributed by atoms with Crippen molar-refractivity contribution in [2.75, 3.05) is 26.2 Å². The Bertz CT molecular complexity index is 1450. The maximum atomic E-state index is 13.9. The van der Waals surface area contributed by atoms with E-state index in [1.807, 2.05) is 35.4 Å². The van der Waals surface area contributed by atoms with Crippen LogP contribution >= 0.6 is 0 Å². The number of amides is 1. The fourth-order valence-corrected chi connectivity index (χ4v) is 5.14. The predicted octanol–water partition coefficient (Wildman–Crippen LogP) is 5.05. The van der Waals surface area contributed by atoms with Gasteiger partial charge in [0.15, 0.2) is 5.60 Å². The van der Waals surface area contributed by atoms with E-state index in [4.69, 9.17) is 24.5 Å². The number of aromatic nitrogens is 1. The highest BCUT2D eigenvalue weighted by molar-refractivity contribution is 5.88. The van der Waals surface area contributed by atoms with Crippen LogP contribution < -0.4 is 0 Å². The molecule has 2 fully saturated rings. The van der Waals surface area contributed by atoms with Crippen molar-refractivity contribution in [3.8, 4) is 0 Å². The third-order valence-electron chi connectivity index (χ3n) is 7.11. The zero-order chi connectivity index (χ0) is 34.1. The van der Waals surface area contributed by atoms with Gasteiger partial charge in [-0.25, -0.2) is 9.59 Å². The molecule has 3 aromatic rings. The van der Waals surface area contributed by atoms with Crippen LogP contribution in [0.2, 0.25) is 0 Å². The lowest BCUT2D eigenvalue weighted by atomic mass is 9.83. The normalized spacial score (nSPS) is 19.9. The Balaban J connectivity index is 0.000000345. The number of aliphatic carboxylic acids is 2.